The molecule has 23 heavy (non-hydrogen) atoms. The zero-order chi connectivity index (χ0) is 16.5. The van der Waals surface area contributed by atoms with E-state index in [1.54, 1.807) is 37.9 Å². The second kappa shape index (κ2) is 11.3. The second-order valence-corrected chi connectivity index (χ2v) is 4.26. The van der Waals surface area contributed by atoms with Gasteiger partial charge in [0.25, 0.3) is 0 Å². The largest absolute Gasteiger partial charge is 0.462 e. The van der Waals surface area contributed by atoms with Crippen molar-refractivity contribution in [2.75, 3.05) is 25.2 Å². The Bertz CT molecular complexity index is 525. The molecule has 0 atom stereocenters. The third-order valence-corrected chi connectivity index (χ3v) is 2.69. The van der Waals surface area contributed by atoms with Crippen LogP contribution in [0.15, 0.2) is 30.1 Å². The third kappa shape index (κ3) is 6.77. The molecule has 0 aromatic carbocycles. The molecular formula is C15H20N2O5Y. The van der Waals surface area contributed by atoms with Gasteiger partial charge in [-0.3, -0.25) is 4.98 Å². The standard InChI is InChI=1S/C15H20N2O5.Y/c1-4-21-14(19)13(15(20)22-5-2)9-17(3)12-7-6-11(10-18)16-8-12;/h6-9,18H,4-5,10H2,1-3H3;. The molecule has 0 amide bonds. The fourth-order valence-corrected chi connectivity index (χ4v) is 1.59. The van der Waals surface area contributed by atoms with Gasteiger partial charge in [-0.1, -0.05) is 0 Å². The summed E-state index contributed by atoms with van der Waals surface area (Å²) in [6, 6.07) is 3.36. The number of carbonyl (C=O) groups is 2. The minimum Gasteiger partial charge on any atom is -0.462 e. The summed E-state index contributed by atoms with van der Waals surface area (Å²) in [7, 11) is 1.66. The summed E-state index contributed by atoms with van der Waals surface area (Å²) >= 11 is 0. The molecule has 0 fully saturated rings. The number of aliphatic hydroxyl groups excluding tert-OH is 1. The van der Waals surface area contributed by atoms with Crippen molar-refractivity contribution >= 4 is 17.6 Å². The van der Waals surface area contributed by atoms with Gasteiger partial charge in [0, 0.05) is 46.0 Å². The van der Waals surface area contributed by atoms with Crippen molar-refractivity contribution in [1.29, 1.82) is 0 Å². The zero-order valence-corrected chi connectivity index (χ0v) is 16.3. The summed E-state index contributed by atoms with van der Waals surface area (Å²) in [6.45, 7) is 3.47. The molecule has 1 aromatic rings. The van der Waals surface area contributed by atoms with E-state index in [1.807, 2.05) is 0 Å². The quantitative estimate of drug-likeness (QED) is 0.318. The predicted octanol–water partition coefficient (Wildman–Crippen LogP) is 1.02. The van der Waals surface area contributed by atoms with Gasteiger partial charge >= 0.3 is 11.9 Å². The van der Waals surface area contributed by atoms with E-state index in [1.165, 1.54) is 12.4 Å². The number of aliphatic hydroxyl groups is 1. The summed E-state index contributed by atoms with van der Waals surface area (Å²) in [6.07, 6.45) is 2.86. The van der Waals surface area contributed by atoms with Crippen LogP contribution >= 0.6 is 0 Å². The second-order valence-electron chi connectivity index (χ2n) is 4.26. The molecule has 0 aliphatic rings. The molecule has 0 aliphatic carbocycles. The molecule has 1 aromatic heterocycles. The Balaban J connectivity index is 0.00000484. The van der Waals surface area contributed by atoms with Crippen LogP contribution < -0.4 is 4.90 Å². The summed E-state index contributed by atoms with van der Waals surface area (Å²) in [5.41, 5.74) is 0.970. The number of aromatic nitrogens is 1. The molecule has 123 valence electrons. The number of anilines is 1. The van der Waals surface area contributed by atoms with Crippen LogP contribution in [-0.2, 0) is 58.4 Å². The number of hydrogen-bond acceptors (Lipinski definition) is 7. The molecular weight excluding hydrogens is 377 g/mol. The Labute approximate surface area is 160 Å². The Kier molecular flexibility index (Phi) is 10.6. The number of nitrogens with zero attached hydrogens (tertiary/aromatic N) is 2. The van der Waals surface area contributed by atoms with Crippen LogP contribution in [0.25, 0.3) is 0 Å². The molecule has 1 rings (SSSR count). The maximum Gasteiger partial charge on any atom is 0.347 e. The van der Waals surface area contributed by atoms with Crippen molar-refractivity contribution in [3.05, 3.63) is 35.8 Å². The molecule has 8 heteroatoms. The first-order chi connectivity index (χ1) is 10.5. The maximum absolute atomic E-state index is 11.9. The first kappa shape index (κ1) is 21.7. The molecule has 1 heterocycles. The molecule has 0 saturated heterocycles. The summed E-state index contributed by atoms with van der Waals surface area (Å²) in [5.74, 6) is -1.49. The van der Waals surface area contributed by atoms with E-state index in [0.717, 1.165) is 0 Å². The van der Waals surface area contributed by atoms with E-state index in [9.17, 15) is 9.59 Å². The van der Waals surface area contributed by atoms with Gasteiger partial charge in [0.1, 0.15) is 0 Å². The minimum absolute atomic E-state index is 0. The monoisotopic (exact) mass is 397 g/mol. The molecule has 1 N–H and O–H groups in total. The number of carbonyl (C=O) groups excluding carboxylic acids is 2. The fraction of sp³-hybridized carbons (Fsp3) is 0.400. The van der Waals surface area contributed by atoms with Gasteiger partial charge in [-0.2, -0.15) is 0 Å². The SMILES string of the molecule is CCOC(=O)C(=CN(C)c1ccc(CO)nc1)C(=O)OCC.[Y]. The van der Waals surface area contributed by atoms with Gasteiger partial charge in [-0.25, -0.2) is 9.59 Å². The number of esters is 2. The van der Waals surface area contributed by atoms with Crippen LogP contribution in [0, 0.1) is 0 Å². The van der Waals surface area contributed by atoms with E-state index in [2.05, 4.69) is 4.98 Å². The van der Waals surface area contributed by atoms with Crippen LogP contribution in [0.1, 0.15) is 19.5 Å². The number of hydrogen-bond donors (Lipinski definition) is 1. The van der Waals surface area contributed by atoms with E-state index in [-0.39, 0.29) is 58.1 Å². The van der Waals surface area contributed by atoms with Gasteiger partial charge in [0.05, 0.1) is 37.4 Å². The molecule has 0 aliphatic heterocycles. The normalized spacial score (nSPS) is 9.39. The Hall–Kier alpha value is -1.31. The molecule has 0 unspecified atom stereocenters. The fourth-order valence-electron chi connectivity index (χ4n) is 1.59. The molecule has 7 nitrogen and oxygen atoms in total. The van der Waals surface area contributed by atoms with Crippen molar-refractivity contribution in [3.63, 3.8) is 0 Å². The summed E-state index contributed by atoms with van der Waals surface area (Å²) in [4.78, 5) is 29.3. The molecule has 0 bridgehead atoms. The summed E-state index contributed by atoms with van der Waals surface area (Å²) < 4.78 is 9.72. The topological polar surface area (TPSA) is 89.0 Å². The number of pyridine rings is 1. The average Bonchev–Trinajstić information content (AvgIpc) is 2.52. The Morgan fingerprint density at radius 3 is 2.17 bits per heavy atom. The first-order valence-corrected chi connectivity index (χ1v) is 6.88. The van der Waals surface area contributed by atoms with Crippen LogP contribution in [0.3, 0.4) is 0 Å². The van der Waals surface area contributed by atoms with Crippen molar-refractivity contribution in [2.24, 2.45) is 0 Å². The van der Waals surface area contributed by atoms with Gasteiger partial charge < -0.3 is 19.5 Å². The number of ether oxygens (including phenoxy) is 2. The Morgan fingerprint density at radius 1 is 1.22 bits per heavy atom. The Morgan fingerprint density at radius 2 is 1.78 bits per heavy atom. The third-order valence-electron chi connectivity index (χ3n) is 2.69. The van der Waals surface area contributed by atoms with Crippen LogP contribution in [0.4, 0.5) is 5.69 Å². The molecule has 1 radical (unpaired) electrons. The molecule has 0 spiro atoms. The first-order valence-electron chi connectivity index (χ1n) is 6.88. The maximum atomic E-state index is 11.9. The van der Waals surface area contributed by atoms with Crippen LogP contribution in [0.2, 0.25) is 0 Å². The van der Waals surface area contributed by atoms with Crippen LogP contribution in [0.5, 0.6) is 0 Å². The smallest absolute Gasteiger partial charge is 0.347 e. The molecule has 0 saturated carbocycles. The van der Waals surface area contributed by atoms with Crippen molar-refractivity contribution in [3.8, 4) is 0 Å². The van der Waals surface area contributed by atoms with Crippen molar-refractivity contribution in [2.45, 2.75) is 20.5 Å². The zero-order valence-electron chi connectivity index (χ0n) is 13.5. The van der Waals surface area contributed by atoms with E-state index < -0.39 is 11.9 Å². The summed E-state index contributed by atoms with van der Waals surface area (Å²) in [5, 5.41) is 8.97. The van der Waals surface area contributed by atoms with Gasteiger partial charge in [0.2, 0.25) is 0 Å². The van der Waals surface area contributed by atoms with Gasteiger partial charge in [0.15, 0.2) is 5.57 Å². The van der Waals surface area contributed by atoms with E-state index in [0.29, 0.717) is 11.4 Å². The minimum atomic E-state index is -0.743. The number of rotatable bonds is 7. The van der Waals surface area contributed by atoms with Crippen molar-refractivity contribution in [1.82, 2.24) is 4.98 Å². The average molecular weight is 397 g/mol. The van der Waals surface area contributed by atoms with E-state index >= 15 is 0 Å². The van der Waals surface area contributed by atoms with Crippen LogP contribution in [-0.4, -0.2) is 42.3 Å². The van der Waals surface area contributed by atoms with Gasteiger partial charge in [-0.05, 0) is 26.0 Å². The van der Waals surface area contributed by atoms with E-state index in [4.69, 9.17) is 14.6 Å². The van der Waals surface area contributed by atoms with Gasteiger partial charge in [-0.15, -0.1) is 0 Å². The predicted molar refractivity (Wildman–Crippen MR) is 79.9 cm³/mol. The van der Waals surface area contributed by atoms with Crippen molar-refractivity contribution < 1.29 is 56.9 Å².